The van der Waals surface area contributed by atoms with Gasteiger partial charge in [0.2, 0.25) is 0 Å². The molecule has 1 aromatic rings. The number of benzene rings is 1. The summed E-state index contributed by atoms with van der Waals surface area (Å²) in [4.78, 5) is 11.6. The summed E-state index contributed by atoms with van der Waals surface area (Å²) in [6.45, 7) is 9.65. The van der Waals surface area contributed by atoms with Crippen LogP contribution >= 0.6 is 0 Å². The zero-order valence-electron chi connectivity index (χ0n) is 13.8. The highest BCUT2D eigenvalue weighted by molar-refractivity contribution is 5.67. The van der Waals surface area contributed by atoms with Crippen LogP contribution < -0.4 is 10.6 Å². The molecule has 4 N–H and O–H groups in total. The van der Waals surface area contributed by atoms with Crippen molar-refractivity contribution in [2.24, 2.45) is 0 Å². The Bertz CT molecular complexity index is 511. The number of carbonyl (C=O) groups is 1. The summed E-state index contributed by atoms with van der Waals surface area (Å²) in [5.41, 5.74) is 0.160. The van der Waals surface area contributed by atoms with Crippen LogP contribution in [0.1, 0.15) is 46.2 Å². The van der Waals surface area contributed by atoms with Gasteiger partial charge in [-0.15, -0.1) is 0 Å². The average molecular weight is 310 g/mol. The third-order valence-corrected chi connectivity index (χ3v) is 2.97. The second-order valence-corrected chi connectivity index (χ2v) is 6.42. The van der Waals surface area contributed by atoms with E-state index in [0.29, 0.717) is 12.1 Å². The maximum absolute atomic E-state index is 11.6. The van der Waals surface area contributed by atoms with Crippen molar-refractivity contribution >= 4 is 6.09 Å². The fraction of sp³-hybridized carbons (Fsp3) is 0.562. The third kappa shape index (κ3) is 6.22. The van der Waals surface area contributed by atoms with Gasteiger partial charge in [-0.1, -0.05) is 6.07 Å². The molecule has 0 aliphatic carbocycles. The first kappa shape index (κ1) is 18.1. The van der Waals surface area contributed by atoms with Crippen LogP contribution in [0.2, 0.25) is 0 Å². The topological polar surface area (TPSA) is 90.8 Å². The summed E-state index contributed by atoms with van der Waals surface area (Å²) < 4.78 is 5.16. The van der Waals surface area contributed by atoms with Crippen LogP contribution in [0.15, 0.2) is 18.2 Å². The highest BCUT2D eigenvalue weighted by Gasteiger charge is 2.17. The fourth-order valence-corrected chi connectivity index (χ4v) is 2.02. The number of carbonyl (C=O) groups excluding carboxylic acids is 1. The number of alkyl carbamates (subject to hydrolysis) is 1. The maximum Gasteiger partial charge on any atom is 0.407 e. The molecule has 0 aliphatic heterocycles. The lowest BCUT2D eigenvalue weighted by Crippen LogP contribution is -2.41. The average Bonchev–Trinajstić information content (AvgIpc) is 2.34. The van der Waals surface area contributed by atoms with E-state index in [1.807, 2.05) is 34.6 Å². The van der Waals surface area contributed by atoms with Crippen LogP contribution in [0.4, 0.5) is 4.79 Å². The molecule has 1 amide bonds. The molecule has 0 aromatic heterocycles. The van der Waals surface area contributed by atoms with Crippen LogP contribution in [-0.4, -0.2) is 34.5 Å². The van der Waals surface area contributed by atoms with Gasteiger partial charge in [0.05, 0.1) is 0 Å². The Hall–Kier alpha value is -1.95. The SMILES string of the molecule is CC(CNC(=O)OC(C)(C)C)NC(C)c1ccc(O)cc1O. The number of amides is 1. The lowest BCUT2D eigenvalue weighted by atomic mass is 10.1. The second kappa shape index (κ2) is 7.35. The van der Waals surface area contributed by atoms with Crippen molar-refractivity contribution in [1.82, 2.24) is 10.6 Å². The molecular formula is C16H26N2O4. The molecule has 2 unspecified atom stereocenters. The number of hydrogen-bond acceptors (Lipinski definition) is 5. The minimum absolute atomic E-state index is 0.0179. The molecule has 22 heavy (non-hydrogen) atoms. The summed E-state index contributed by atoms with van der Waals surface area (Å²) in [5.74, 6) is 0.0559. The zero-order valence-corrected chi connectivity index (χ0v) is 13.8. The first-order chi connectivity index (χ1) is 10.1. The molecule has 0 heterocycles. The van der Waals surface area contributed by atoms with Gasteiger partial charge in [0.1, 0.15) is 17.1 Å². The van der Waals surface area contributed by atoms with Crippen molar-refractivity contribution in [3.63, 3.8) is 0 Å². The van der Waals surface area contributed by atoms with Crippen molar-refractivity contribution in [2.45, 2.75) is 52.3 Å². The Balaban J connectivity index is 2.47. The predicted molar refractivity (Wildman–Crippen MR) is 85.0 cm³/mol. The monoisotopic (exact) mass is 310 g/mol. The Morgan fingerprint density at radius 1 is 1.27 bits per heavy atom. The number of phenolic OH excluding ortho intramolecular Hbond substituents is 2. The molecule has 1 aromatic carbocycles. The number of nitrogens with one attached hydrogen (secondary N) is 2. The van der Waals surface area contributed by atoms with Gasteiger partial charge in [-0.25, -0.2) is 4.79 Å². The number of phenols is 2. The predicted octanol–water partition coefficient (Wildman–Crippen LogP) is 2.66. The maximum atomic E-state index is 11.6. The first-order valence-electron chi connectivity index (χ1n) is 7.33. The minimum Gasteiger partial charge on any atom is -0.508 e. The van der Waals surface area contributed by atoms with Crippen molar-refractivity contribution in [1.29, 1.82) is 0 Å². The fourth-order valence-electron chi connectivity index (χ4n) is 2.02. The highest BCUT2D eigenvalue weighted by atomic mass is 16.6. The zero-order chi connectivity index (χ0) is 16.9. The van der Waals surface area contributed by atoms with E-state index in [4.69, 9.17) is 4.74 Å². The Morgan fingerprint density at radius 3 is 2.45 bits per heavy atom. The van der Waals surface area contributed by atoms with Gasteiger partial charge < -0.3 is 25.6 Å². The van der Waals surface area contributed by atoms with E-state index >= 15 is 0 Å². The normalized spacial score (nSPS) is 14.2. The van der Waals surface area contributed by atoms with Crippen LogP contribution in [0.3, 0.4) is 0 Å². The molecular weight excluding hydrogens is 284 g/mol. The van der Waals surface area contributed by atoms with Gasteiger partial charge in [0.15, 0.2) is 0 Å². The van der Waals surface area contributed by atoms with Gasteiger partial charge in [0.25, 0.3) is 0 Å². The number of hydrogen-bond donors (Lipinski definition) is 4. The van der Waals surface area contributed by atoms with E-state index in [2.05, 4.69) is 10.6 Å². The van der Waals surface area contributed by atoms with Crippen molar-refractivity contribution in [2.75, 3.05) is 6.54 Å². The molecule has 6 nitrogen and oxygen atoms in total. The minimum atomic E-state index is -0.522. The molecule has 0 radical (unpaired) electrons. The molecule has 0 saturated carbocycles. The van der Waals surface area contributed by atoms with E-state index in [1.54, 1.807) is 6.07 Å². The van der Waals surface area contributed by atoms with Gasteiger partial charge in [0, 0.05) is 30.3 Å². The Kier molecular flexibility index (Phi) is 6.05. The molecule has 124 valence electrons. The molecule has 0 fully saturated rings. The molecule has 6 heteroatoms. The third-order valence-electron chi connectivity index (χ3n) is 2.97. The van der Waals surface area contributed by atoms with E-state index in [9.17, 15) is 15.0 Å². The van der Waals surface area contributed by atoms with E-state index in [1.165, 1.54) is 12.1 Å². The molecule has 0 saturated heterocycles. The number of ether oxygens (including phenoxy) is 1. The number of aromatic hydroxyl groups is 2. The van der Waals surface area contributed by atoms with E-state index in [0.717, 1.165) is 0 Å². The number of rotatable bonds is 5. The summed E-state index contributed by atoms with van der Waals surface area (Å²) in [6.07, 6.45) is -0.457. The van der Waals surface area contributed by atoms with E-state index < -0.39 is 11.7 Å². The molecule has 0 spiro atoms. The van der Waals surface area contributed by atoms with E-state index in [-0.39, 0.29) is 23.6 Å². The summed E-state index contributed by atoms with van der Waals surface area (Å²) in [5, 5.41) is 25.1. The van der Waals surface area contributed by atoms with Gasteiger partial charge in [-0.2, -0.15) is 0 Å². The summed E-state index contributed by atoms with van der Waals surface area (Å²) in [7, 11) is 0. The lowest BCUT2D eigenvalue weighted by Gasteiger charge is -2.23. The smallest absolute Gasteiger partial charge is 0.407 e. The van der Waals surface area contributed by atoms with Crippen molar-refractivity contribution < 1.29 is 19.7 Å². The summed E-state index contributed by atoms with van der Waals surface area (Å²) in [6, 6.07) is 4.34. The van der Waals surface area contributed by atoms with Crippen LogP contribution in [0, 0.1) is 0 Å². The molecule has 0 aliphatic rings. The van der Waals surface area contributed by atoms with Gasteiger partial charge >= 0.3 is 6.09 Å². The molecule has 1 rings (SSSR count). The van der Waals surface area contributed by atoms with Crippen LogP contribution in [0.25, 0.3) is 0 Å². The van der Waals surface area contributed by atoms with Gasteiger partial charge in [-0.3, -0.25) is 0 Å². The Morgan fingerprint density at radius 2 is 1.91 bits per heavy atom. The quantitative estimate of drug-likeness (QED) is 0.671. The van der Waals surface area contributed by atoms with Crippen LogP contribution in [-0.2, 0) is 4.74 Å². The van der Waals surface area contributed by atoms with Gasteiger partial charge in [-0.05, 0) is 40.7 Å². The molecule has 0 bridgehead atoms. The molecule has 2 atom stereocenters. The largest absolute Gasteiger partial charge is 0.508 e. The highest BCUT2D eigenvalue weighted by Crippen LogP contribution is 2.27. The summed E-state index contributed by atoms with van der Waals surface area (Å²) >= 11 is 0. The second-order valence-electron chi connectivity index (χ2n) is 6.42. The lowest BCUT2D eigenvalue weighted by molar-refractivity contribution is 0.0522. The standard InChI is InChI=1S/C16H26N2O4/c1-10(9-17-15(21)22-16(3,4)5)18-11(2)13-7-6-12(19)8-14(13)20/h6-8,10-11,18-20H,9H2,1-5H3,(H,17,21). The Labute approximate surface area is 131 Å². The van der Waals surface area contributed by atoms with Crippen molar-refractivity contribution in [3.8, 4) is 11.5 Å². The first-order valence-corrected chi connectivity index (χ1v) is 7.33. The van der Waals surface area contributed by atoms with Crippen molar-refractivity contribution in [3.05, 3.63) is 23.8 Å². The van der Waals surface area contributed by atoms with Crippen LogP contribution in [0.5, 0.6) is 11.5 Å².